The Balaban J connectivity index is 1.29. The van der Waals surface area contributed by atoms with E-state index in [0.29, 0.717) is 29.1 Å². The molecule has 1 unspecified atom stereocenters. The first-order valence-corrected chi connectivity index (χ1v) is 10.7. The quantitative estimate of drug-likeness (QED) is 0.545. The van der Waals surface area contributed by atoms with Crippen LogP contribution in [0.5, 0.6) is 0 Å². The second-order valence-electron chi connectivity index (χ2n) is 8.29. The average molecular weight is 467 g/mol. The third-order valence-corrected chi connectivity index (χ3v) is 5.95. The number of carbonyl (C=O) groups excluding carboxylic acids is 1. The highest BCUT2D eigenvalue weighted by atomic mass is 19.1. The van der Waals surface area contributed by atoms with Gasteiger partial charge in [0.2, 0.25) is 0 Å². The lowest BCUT2D eigenvalue weighted by Gasteiger charge is -2.20. The normalized spacial score (nSPS) is 19.1. The van der Waals surface area contributed by atoms with Gasteiger partial charge in [0, 0.05) is 18.2 Å². The lowest BCUT2D eigenvalue weighted by atomic mass is 9.94. The summed E-state index contributed by atoms with van der Waals surface area (Å²) in [5, 5.41) is 30.5. The van der Waals surface area contributed by atoms with Crippen molar-refractivity contribution in [2.75, 3.05) is 24.7 Å². The Morgan fingerprint density at radius 2 is 1.88 bits per heavy atom. The Labute approximate surface area is 193 Å². The van der Waals surface area contributed by atoms with E-state index >= 15 is 4.39 Å². The third-order valence-electron chi connectivity index (χ3n) is 5.95. The molecule has 1 saturated heterocycles. The van der Waals surface area contributed by atoms with Gasteiger partial charge in [0.25, 0.3) is 0 Å². The van der Waals surface area contributed by atoms with Crippen LogP contribution in [0.15, 0.2) is 60.0 Å². The maximum Gasteiger partial charge on any atom is 0.414 e. The Morgan fingerprint density at radius 3 is 2.53 bits per heavy atom. The minimum Gasteiger partial charge on any atom is -0.442 e. The van der Waals surface area contributed by atoms with Crippen LogP contribution in [-0.2, 0) is 16.1 Å². The van der Waals surface area contributed by atoms with Crippen molar-refractivity contribution in [2.24, 2.45) is 5.16 Å². The van der Waals surface area contributed by atoms with Crippen LogP contribution in [0.4, 0.5) is 14.9 Å². The molecule has 5 rings (SSSR count). The summed E-state index contributed by atoms with van der Waals surface area (Å²) in [6.45, 7) is -0.0570. The molecule has 1 aromatic heterocycles. The number of rotatable bonds is 7. The first-order valence-electron chi connectivity index (χ1n) is 10.7. The van der Waals surface area contributed by atoms with Gasteiger partial charge in [-0.3, -0.25) is 4.90 Å². The SMILES string of the molecule is O=C1OC(Cn2ccnn2)CN1c1ccc(-c2ccc(C3=NOC(CO)(CO)C3)cc2)c(F)c1. The number of anilines is 1. The van der Waals surface area contributed by atoms with Crippen molar-refractivity contribution in [1.29, 1.82) is 0 Å². The summed E-state index contributed by atoms with van der Waals surface area (Å²) in [6, 6.07) is 11.7. The van der Waals surface area contributed by atoms with Gasteiger partial charge in [-0.2, -0.15) is 0 Å². The molecule has 2 aliphatic rings. The molecule has 0 bridgehead atoms. The van der Waals surface area contributed by atoms with E-state index in [0.717, 1.165) is 5.56 Å². The number of benzene rings is 2. The first-order chi connectivity index (χ1) is 16.5. The van der Waals surface area contributed by atoms with Gasteiger partial charge in [0.15, 0.2) is 5.60 Å². The van der Waals surface area contributed by atoms with Crippen LogP contribution in [0.3, 0.4) is 0 Å². The van der Waals surface area contributed by atoms with Crippen LogP contribution >= 0.6 is 0 Å². The minimum atomic E-state index is -1.11. The Kier molecular flexibility index (Phi) is 5.72. The highest BCUT2D eigenvalue weighted by Gasteiger charge is 2.38. The summed E-state index contributed by atoms with van der Waals surface area (Å²) in [5.41, 5.74) is 1.68. The second kappa shape index (κ2) is 8.84. The molecule has 11 heteroatoms. The molecule has 34 heavy (non-hydrogen) atoms. The van der Waals surface area contributed by atoms with Crippen LogP contribution in [0.2, 0.25) is 0 Å². The van der Waals surface area contributed by atoms with Crippen molar-refractivity contribution >= 4 is 17.5 Å². The zero-order valence-electron chi connectivity index (χ0n) is 18.0. The highest BCUT2D eigenvalue weighted by molar-refractivity contribution is 6.02. The fourth-order valence-electron chi connectivity index (χ4n) is 4.01. The van der Waals surface area contributed by atoms with Gasteiger partial charge in [-0.1, -0.05) is 34.6 Å². The largest absolute Gasteiger partial charge is 0.442 e. The number of cyclic esters (lactones) is 1. The minimum absolute atomic E-state index is 0.270. The van der Waals surface area contributed by atoms with Crippen LogP contribution in [0, 0.1) is 5.82 Å². The van der Waals surface area contributed by atoms with Gasteiger partial charge >= 0.3 is 6.09 Å². The van der Waals surface area contributed by atoms with Gasteiger partial charge in [0.1, 0.15) is 11.9 Å². The van der Waals surface area contributed by atoms with Crippen LogP contribution in [-0.4, -0.2) is 68.5 Å². The summed E-state index contributed by atoms with van der Waals surface area (Å²) >= 11 is 0. The predicted octanol–water partition coefficient (Wildman–Crippen LogP) is 1.96. The molecular formula is C23H22FN5O5. The number of oxime groups is 1. The van der Waals surface area contributed by atoms with Crippen LogP contribution < -0.4 is 4.90 Å². The first kappa shape index (κ1) is 22.0. The third kappa shape index (κ3) is 4.11. The second-order valence-corrected chi connectivity index (χ2v) is 8.29. The molecule has 0 radical (unpaired) electrons. The lowest BCUT2D eigenvalue weighted by molar-refractivity contribution is -0.0878. The Morgan fingerprint density at radius 1 is 1.12 bits per heavy atom. The number of hydrogen-bond donors (Lipinski definition) is 2. The summed E-state index contributed by atoms with van der Waals surface area (Å²) < 4.78 is 22.0. The van der Waals surface area contributed by atoms with E-state index in [1.54, 1.807) is 53.5 Å². The smallest absolute Gasteiger partial charge is 0.414 e. The molecule has 3 aromatic rings. The van der Waals surface area contributed by atoms with E-state index in [1.807, 2.05) is 0 Å². The van der Waals surface area contributed by atoms with Gasteiger partial charge < -0.3 is 19.8 Å². The highest BCUT2D eigenvalue weighted by Crippen LogP contribution is 2.31. The molecule has 1 amide bonds. The number of hydrogen-bond acceptors (Lipinski definition) is 8. The monoisotopic (exact) mass is 467 g/mol. The maximum atomic E-state index is 15.0. The predicted molar refractivity (Wildman–Crippen MR) is 119 cm³/mol. The molecule has 0 spiro atoms. The van der Waals surface area contributed by atoms with Gasteiger partial charge in [0.05, 0.1) is 43.9 Å². The molecule has 1 atom stereocenters. The molecule has 2 N–H and O–H groups in total. The number of carbonyl (C=O) groups is 1. The van der Waals surface area contributed by atoms with E-state index in [4.69, 9.17) is 9.57 Å². The molecule has 0 aliphatic carbocycles. The topological polar surface area (TPSA) is 122 Å². The summed E-state index contributed by atoms with van der Waals surface area (Å²) in [4.78, 5) is 18.9. The molecule has 2 aromatic carbocycles. The molecule has 0 saturated carbocycles. The molecule has 10 nitrogen and oxygen atoms in total. The van der Waals surface area contributed by atoms with Crippen LogP contribution in [0.25, 0.3) is 11.1 Å². The number of amides is 1. The van der Waals surface area contributed by atoms with Crippen LogP contribution in [0.1, 0.15) is 12.0 Å². The van der Waals surface area contributed by atoms with Crippen molar-refractivity contribution in [3.63, 3.8) is 0 Å². The fourth-order valence-corrected chi connectivity index (χ4v) is 4.01. The summed E-state index contributed by atoms with van der Waals surface area (Å²) in [6.07, 6.45) is 2.54. The Bertz CT molecular complexity index is 1210. The number of halogens is 1. The maximum absolute atomic E-state index is 15.0. The van der Waals surface area contributed by atoms with E-state index < -0.39 is 23.6 Å². The van der Waals surface area contributed by atoms with Crippen molar-refractivity contribution in [2.45, 2.75) is 24.7 Å². The number of ether oxygens (including phenoxy) is 1. The summed E-state index contributed by atoms with van der Waals surface area (Å²) in [5.74, 6) is -0.473. The van der Waals surface area contributed by atoms with E-state index in [2.05, 4.69) is 15.5 Å². The number of nitrogens with zero attached hydrogens (tertiary/aromatic N) is 5. The number of aliphatic hydroxyl groups is 2. The summed E-state index contributed by atoms with van der Waals surface area (Å²) in [7, 11) is 0. The number of aromatic nitrogens is 3. The molecule has 3 heterocycles. The lowest BCUT2D eigenvalue weighted by Crippen LogP contribution is -2.37. The van der Waals surface area contributed by atoms with Gasteiger partial charge in [-0.15, -0.1) is 5.10 Å². The standard InChI is InChI=1S/C23H22FN5O5/c24-20-9-17(29-12-18(33-22(29)32)11-28-8-7-25-27-28)5-6-19(20)15-1-3-16(4-2-15)21-10-23(13-30,14-31)34-26-21/h1-9,18,30-31H,10-14H2. The average Bonchev–Trinajstić information content (AvgIpc) is 3.60. The zero-order chi connectivity index (χ0) is 23.7. The van der Waals surface area contributed by atoms with Crippen molar-refractivity contribution < 1.29 is 29.0 Å². The Hall–Kier alpha value is -3.83. The molecular weight excluding hydrogens is 445 g/mol. The fraction of sp³-hybridized carbons (Fsp3) is 0.304. The zero-order valence-corrected chi connectivity index (χ0v) is 18.0. The molecule has 176 valence electrons. The van der Waals surface area contributed by atoms with Gasteiger partial charge in [-0.25, -0.2) is 13.9 Å². The van der Waals surface area contributed by atoms with Crippen molar-refractivity contribution in [1.82, 2.24) is 15.0 Å². The van der Waals surface area contributed by atoms with Gasteiger partial charge in [-0.05, 0) is 29.3 Å². The van der Waals surface area contributed by atoms with E-state index in [-0.39, 0.29) is 26.2 Å². The van der Waals surface area contributed by atoms with Crippen molar-refractivity contribution in [3.05, 3.63) is 66.2 Å². The number of aliphatic hydroxyl groups excluding tert-OH is 2. The van der Waals surface area contributed by atoms with E-state index in [1.165, 1.54) is 11.0 Å². The van der Waals surface area contributed by atoms with Crippen molar-refractivity contribution in [3.8, 4) is 11.1 Å². The molecule has 1 fully saturated rings. The molecule has 2 aliphatic heterocycles. The van der Waals surface area contributed by atoms with E-state index in [9.17, 15) is 15.0 Å².